The van der Waals surface area contributed by atoms with Gasteiger partial charge in [-0.05, 0) is 57.9 Å². The molecule has 158 valence electrons. The Morgan fingerprint density at radius 3 is 2.61 bits per heavy atom. The molecule has 0 spiro atoms. The number of sulfone groups is 1. The first-order valence-electron chi connectivity index (χ1n) is 9.14. The summed E-state index contributed by atoms with van der Waals surface area (Å²) in [5.74, 6) is 0.342. The fourth-order valence-corrected chi connectivity index (χ4v) is 3.55. The van der Waals surface area contributed by atoms with Gasteiger partial charge in [-0.3, -0.25) is 4.99 Å². The lowest BCUT2D eigenvalue weighted by Gasteiger charge is -2.18. The Balaban J connectivity index is 0.00000392. The summed E-state index contributed by atoms with van der Waals surface area (Å²) >= 11 is 0. The minimum Gasteiger partial charge on any atom is -0.361 e. The van der Waals surface area contributed by atoms with Crippen LogP contribution in [-0.4, -0.2) is 49.5 Å². The molecule has 0 aliphatic carbocycles. The van der Waals surface area contributed by atoms with Crippen LogP contribution in [0.15, 0.2) is 29.4 Å². The third-order valence-corrected chi connectivity index (χ3v) is 6.91. The Hall–Kier alpha value is -1.36. The summed E-state index contributed by atoms with van der Waals surface area (Å²) in [6, 6.07) is 4.70. The maximum atomic E-state index is 13.3. The van der Waals surface area contributed by atoms with Crippen LogP contribution in [-0.2, 0) is 16.3 Å². The SMILES string of the molecule is CCNC(=NCCS(=O)(=O)C(C)(C)C)NCCc1c[nH]c2cc(F)ccc12.I. The Morgan fingerprint density at radius 1 is 1.25 bits per heavy atom. The van der Waals surface area contributed by atoms with Crippen molar-refractivity contribution < 1.29 is 12.8 Å². The van der Waals surface area contributed by atoms with E-state index in [4.69, 9.17) is 0 Å². The van der Waals surface area contributed by atoms with Crippen molar-refractivity contribution in [3.05, 3.63) is 35.8 Å². The number of benzene rings is 1. The maximum absolute atomic E-state index is 13.3. The van der Waals surface area contributed by atoms with Crippen molar-refractivity contribution >= 4 is 50.7 Å². The number of aromatic amines is 1. The number of nitrogens with zero attached hydrogens (tertiary/aromatic N) is 1. The molecule has 28 heavy (non-hydrogen) atoms. The van der Waals surface area contributed by atoms with Crippen LogP contribution in [0.1, 0.15) is 33.3 Å². The van der Waals surface area contributed by atoms with Gasteiger partial charge in [-0.2, -0.15) is 0 Å². The Kier molecular flexibility index (Phi) is 9.19. The molecular formula is C19H30FIN4O2S. The summed E-state index contributed by atoms with van der Waals surface area (Å²) in [6.07, 6.45) is 2.61. The minimum atomic E-state index is -3.19. The molecule has 0 aliphatic heterocycles. The normalized spacial score (nSPS) is 12.7. The molecule has 1 aromatic carbocycles. The van der Waals surface area contributed by atoms with Gasteiger partial charge in [-0.25, -0.2) is 12.8 Å². The highest BCUT2D eigenvalue weighted by atomic mass is 127. The summed E-state index contributed by atoms with van der Waals surface area (Å²) in [6.45, 7) is 8.57. The third kappa shape index (κ3) is 6.61. The van der Waals surface area contributed by atoms with E-state index in [9.17, 15) is 12.8 Å². The maximum Gasteiger partial charge on any atom is 0.191 e. The van der Waals surface area contributed by atoms with Crippen molar-refractivity contribution in [3.63, 3.8) is 0 Å². The Bertz CT molecular complexity index is 904. The van der Waals surface area contributed by atoms with Gasteiger partial charge in [-0.1, -0.05) is 0 Å². The molecule has 0 atom stereocenters. The van der Waals surface area contributed by atoms with E-state index >= 15 is 0 Å². The molecule has 0 fully saturated rings. The van der Waals surface area contributed by atoms with Crippen LogP contribution in [0.5, 0.6) is 0 Å². The third-order valence-electron chi connectivity index (χ3n) is 4.32. The molecule has 0 unspecified atom stereocenters. The zero-order chi connectivity index (χ0) is 20.1. The van der Waals surface area contributed by atoms with E-state index in [1.54, 1.807) is 26.8 Å². The fraction of sp³-hybridized carbons (Fsp3) is 0.526. The molecule has 1 heterocycles. The van der Waals surface area contributed by atoms with Crippen LogP contribution in [0.2, 0.25) is 0 Å². The number of hydrogen-bond acceptors (Lipinski definition) is 3. The molecule has 2 aromatic rings. The van der Waals surface area contributed by atoms with Gasteiger partial charge < -0.3 is 15.6 Å². The number of nitrogens with one attached hydrogen (secondary N) is 3. The molecule has 3 N–H and O–H groups in total. The van der Waals surface area contributed by atoms with Gasteiger partial charge in [0.25, 0.3) is 0 Å². The Morgan fingerprint density at radius 2 is 1.96 bits per heavy atom. The molecule has 1 aromatic heterocycles. The molecular weight excluding hydrogens is 494 g/mol. The van der Waals surface area contributed by atoms with Crippen LogP contribution in [0.25, 0.3) is 10.9 Å². The smallest absolute Gasteiger partial charge is 0.191 e. The second-order valence-corrected chi connectivity index (χ2v) is 10.2. The molecule has 0 aliphatic rings. The van der Waals surface area contributed by atoms with Crippen molar-refractivity contribution in [2.24, 2.45) is 4.99 Å². The van der Waals surface area contributed by atoms with Gasteiger partial charge >= 0.3 is 0 Å². The molecule has 2 rings (SSSR count). The number of aromatic nitrogens is 1. The van der Waals surface area contributed by atoms with Gasteiger partial charge in [0.05, 0.1) is 17.0 Å². The van der Waals surface area contributed by atoms with E-state index < -0.39 is 14.6 Å². The summed E-state index contributed by atoms with van der Waals surface area (Å²) in [5.41, 5.74) is 1.86. The molecule has 0 bridgehead atoms. The van der Waals surface area contributed by atoms with E-state index in [2.05, 4.69) is 20.6 Å². The van der Waals surface area contributed by atoms with Crippen molar-refractivity contribution in [1.82, 2.24) is 15.6 Å². The summed E-state index contributed by atoms with van der Waals surface area (Å²) in [4.78, 5) is 7.44. The number of rotatable bonds is 7. The number of guanidine groups is 1. The standard InChI is InChI=1S/C19H29FN4O2S.HI/c1-5-21-18(23-10-11-27(25,26)19(2,3)4)22-9-8-14-13-24-17-12-15(20)6-7-16(14)17;/h6-7,12-13,24H,5,8-11H2,1-4H3,(H2,21,22,23);1H. The lowest BCUT2D eigenvalue weighted by Crippen LogP contribution is -2.39. The second kappa shape index (κ2) is 10.4. The summed E-state index contributed by atoms with van der Waals surface area (Å²) in [5, 5.41) is 7.33. The van der Waals surface area contributed by atoms with Crippen LogP contribution >= 0.6 is 24.0 Å². The van der Waals surface area contributed by atoms with Gasteiger partial charge in [0, 0.05) is 30.2 Å². The zero-order valence-corrected chi connectivity index (χ0v) is 19.9. The summed E-state index contributed by atoms with van der Waals surface area (Å²) < 4.78 is 36.8. The molecule has 0 amide bonds. The second-order valence-electron chi connectivity index (χ2n) is 7.37. The Labute approximate surface area is 183 Å². The number of H-pyrrole nitrogens is 1. The molecule has 6 nitrogen and oxygen atoms in total. The van der Waals surface area contributed by atoms with Crippen LogP contribution < -0.4 is 10.6 Å². The van der Waals surface area contributed by atoms with Gasteiger partial charge in [0.1, 0.15) is 5.82 Å². The van der Waals surface area contributed by atoms with Gasteiger partial charge in [0.2, 0.25) is 0 Å². The average Bonchev–Trinajstić information content (AvgIpc) is 2.96. The lowest BCUT2D eigenvalue weighted by molar-refractivity contribution is 0.560. The highest BCUT2D eigenvalue weighted by Crippen LogP contribution is 2.19. The minimum absolute atomic E-state index is 0. The first-order chi connectivity index (χ1) is 12.6. The predicted molar refractivity (Wildman–Crippen MR) is 125 cm³/mol. The first-order valence-corrected chi connectivity index (χ1v) is 10.8. The highest BCUT2D eigenvalue weighted by Gasteiger charge is 2.28. The van der Waals surface area contributed by atoms with E-state index in [0.717, 1.165) is 22.9 Å². The van der Waals surface area contributed by atoms with Crippen molar-refractivity contribution in [2.75, 3.05) is 25.4 Å². The van der Waals surface area contributed by atoms with Crippen LogP contribution in [0, 0.1) is 5.82 Å². The van der Waals surface area contributed by atoms with Crippen LogP contribution in [0.4, 0.5) is 4.39 Å². The molecule has 0 radical (unpaired) electrons. The topological polar surface area (TPSA) is 86.3 Å². The quantitative estimate of drug-likeness (QED) is 0.295. The van der Waals surface area contributed by atoms with Crippen molar-refractivity contribution in [3.8, 4) is 0 Å². The van der Waals surface area contributed by atoms with E-state index in [0.29, 0.717) is 19.0 Å². The van der Waals surface area contributed by atoms with Gasteiger partial charge in [0.15, 0.2) is 15.8 Å². The molecule has 0 saturated carbocycles. The average molecular weight is 524 g/mol. The summed E-state index contributed by atoms with van der Waals surface area (Å²) in [7, 11) is -3.19. The first kappa shape index (κ1) is 24.7. The van der Waals surface area contributed by atoms with Gasteiger partial charge in [-0.15, -0.1) is 24.0 Å². The van der Waals surface area contributed by atoms with E-state index in [1.807, 2.05) is 13.1 Å². The van der Waals surface area contributed by atoms with Crippen LogP contribution in [0.3, 0.4) is 0 Å². The molecule has 9 heteroatoms. The largest absolute Gasteiger partial charge is 0.361 e. The van der Waals surface area contributed by atoms with E-state index in [1.165, 1.54) is 12.1 Å². The number of aliphatic imine (C=N–C) groups is 1. The van der Waals surface area contributed by atoms with Crippen molar-refractivity contribution in [1.29, 1.82) is 0 Å². The fourth-order valence-electron chi connectivity index (χ4n) is 2.61. The zero-order valence-electron chi connectivity index (χ0n) is 16.8. The number of fused-ring (bicyclic) bond motifs is 1. The molecule has 0 saturated heterocycles. The number of hydrogen-bond donors (Lipinski definition) is 3. The van der Waals surface area contributed by atoms with E-state index in [-0.39, 0.29) is 42.1 Å². The lowest BCUT2D eigenvalue weighted by atomic mass is 10.1. The number of halogens is 2. The monoisotopic (exact) mass is 524 g/mol. The van der Waals surface area contributed by atoms with Crippen molar-refractivity contribution in [2.45, 2.75) is 38.9 Å². The highest BCUT2D eigenvalue weighted by molar-refractivity contribution is 14.0. The predicted octanol–water partition coefficient (Wildman–Crippen LogP) is 3.24.